The minimum atomic E-state index is -5.46. The summed E-state index contributed by atoms with van der Waals surface area (Å²) >= 11 is 0. The summed E-state index contributed by atoms with van der Waals surface area (Å²) in [5.74, 6) is -2.31. The predicted molar refractivity (Wildman–Crippen MR) is 89.3 cm³/mol. The number of benzene rings is 2. The molecule has 0 heterocycles. The Morgan fingerprint density at radius 2 is 1.52 bits per heavy atom. The summed E-state index contributed by atoms with van der Waals surface area (Å²) in [6.07, 6.45) is -5.46. The largest absolute Gasteiger partial charge is 0.462 e. The summed E-state index contributed by atoms with van der Waals surface area (Å²) in [6.45, 7) is 0.870. The molecule has 0 saturated heterocycles. The number of ether oxygens (including phenoxy) is 2. The zero-order valence-electron chi connectivity index (χ0n) is 14.1. The lowest BCUT2D eigenvalue weighted by atomic mass is 10.2. The predicted octanol–water partition coefficient (Wildman–Crippen LogP) is 2.87. The highest BCUT2D eigenvalue weighted by Gasteiger charge is 2.67. The number of hydrogen-bond acceptors (Lipinski definition) is 5. The van der Waals surface area contributed by atoms with Gasteiger partial charge in [0.2, 0.25) is 10.0 Å². The van der Waals surface area contributed by atoms with Gasteiger partial charge in [0.05, 0.1) is 11.5 Å². The minimum absolute atomic E-state index is 0.376. The highest BCUT2D eigenvalue weighted by atomic mass is 32.2. The van der Waals surface area contributed by atoms with Crippen LogP contribution in [0.1, 0.15) is 6.92 Å². The maximum Gasteiger partial charge on any atom is 0.456 e. The SMILES string of the molecule is CCOC(=O)C(NS(=O)(=O)c1ccccc1)(Oc1ccccc1)C(F)(F)F. The van der Waals surface area contributed by atoms with E-state index in [0.717, 1.165) is 24.3 Å². The average Bonchev–Trinajstić information content (AvgIpc) is 2.62. The number of alkyl halides is 3. The van der Waals surface area contributed by atoms with Crippen LogP contribution in [-0.4, -0.2) is 32.9 Å². The van der Waals surface area contributed by atoms with Crippen LogP contribution in [0.5, 0.6) is 5.75 Å². The Kier molecular flexibility index (Phi) is 6.11. The van der Waals surface area contributed by atoms with Crippen LogP contribution in [0, 0.1) is 0 Å². The van der Waals surface area contributed by atoms with E-state index in [1.165, 1.54) is 48.0 Å². The molecule has 0 aromatic heterocycles. The van der Waals surface area contributed by atoms with Crippen molar-refractivity contribution in [2.75, 3.05) is 6.61 Å². The zero-order chi connectivity index (χ0) is 20.1. The van der Waals surface area contributed by atoms with Gasteiger partial charge < -0.3 is 9.47 Å². The summed E-state index contributed by atoms with van der Waals surface area (Å²) < 4.78 is 77.4. The first-order chi connectivity index (χ1) is 12.6. The van der Waals surface area contributed by atoms with Crippen molar-refractivity contribution in [1.29, 1.82) is 0 Å². The molecule has 0 radical (unpaired) electrons. The molecule has 1 atom stereocenters. The minimum Gasteiger partial charge on any atom is -0.462 e. The van der Waals surface area contributed by atoms with Gasteiger partial charge in [-0.3, -0.25) is 0 Å². The molecule has 0 spiro atoms. The fourth-order valence-corrected chi connectivity index (χ4v) is 3.33. The van der Waals surface area contributed by atoms with Crippen molar-refractivity contribution in [3.8, 4) is 5.75 Å². The quantitative estimate of drug-likeness (QED) is 0.568. The fourth-order valence-electron chi connectivity index (χ4n) is 2.08. The van der Waals surface area contributed by atoms with Crippen LogP contribution in [-0.2, 0) is 19.6 Å². The smallest absolute Gasteiger partial charge is 0.456 e. The van der Waals surface area contributed by atoms with Gasteiger partial charge >= 0.3 is 17.9 Å². The van der Waals surface area contributed by atoms with Crippen molar-refractivity contribution >= 4 is 16.0 Å². The lowest BCUT2D eigenvalue weighted by Crippen LogP contribution is -2.68. The van der Waals surface area contributed by atoms with Crippen LogP contribution in [0.4, 0.5) is 13.2 Å². The average molecular weight is 403 g/mol. The van der Waals surface area contributed by atoms with Gasteiger partial charge in [0.25, 0.3) is 0 Å². The van der Waals surface area contributed by atoms with Gasteiger partial charge in [-0.05, 0) is 31.2 Å². The number of halogens is 3. The molecule has 0 saturated carbocycles. The molecule has 2 aromatic carbocycles. The fraction of sp³-hybridized carbons (Fsp3) is 0.235. The number of para-hydroxylation sites is 1. The molecule has 2 rings (SSSR count). The number of hydrogen-bond donors (Lipinski definition) is 1. The summed E-state index contributed by atoms with van der Waals surface area (Å²) in [5, 5.41) is 0. The van der Waals surface area contributed by atoms with Crippen LogP contribution in [0.15, 0.2) is 65.6 Å². The van der Waals surface area contributed by atoms with E-state index in [-0.39, 0.29) is 5.75 Å². The molecule has 0 aliphatic carbocycles. The molecule has 1 unspecified atom stereocenters. The van der Waals surface area contributed by atoms with E-state index < -0.39 is 39.4 Å². The molecule has 0 aliphatic heterocycles. The zero-order valence-corrected chi connectivity index (χ0v) is 14.9. The first-order valence-electron chi connectivity index (χ1n) is 7.69. The summed E-state index contributed by atoms with van der Waals surface area (Å²) in [4.78, 5) is 11.8. The summed E-state index contributed by atoms with van der Waals surface area (Å²) in [6, 6.07) is 12.9. The second-order valence-electron chi connectivity index (χ2n) is 5.23. The van der Waals surface area contributed by atoms with Crippen molar-refractivity contribution in [2.24, 2.45) is 0 Å². The molecule has 27 heavy (non-hydrogen) atoms. The molecule has 2 aromatic rings. The Hall–Kier alpha value is -2.59. The standard InChI is InChI=1S/C17H16F3NO5S/c1-2-25-15(22)16(17(18,19)20,26-13-9-5-3-6-10-13)21-27(23,24)14-11-7-4-8-12-14/h3-12,21H,2H2,1H3. The summed E-state index contributed by atoms with van der Waals surface area (Å²) in [7, 11) is -4.78. The number of esters is 1. The van der Waals surface area contributed by atoms with Crippen molar-refractivity contribution in [3.05, 3.63) is 60.7 Å². The molecule has 0 amide bonds. The molecule has 146 valence electrons. The first-order valence-corrected chi connectivity index (χ1v) is 9.18. The Morgan fingerprint density at radius 3 is 2.00 bits per heavy atom. The number of sulfonamides is 1. The van der Waals surface area contributed by atoms with Gasteiger partial charge in [0, 0.05) is 0 Å². The maximum atomic E-state index is 13.9. The molecule has 10 heteroatoms. The van der Waals surface area contributed by atoms with Crippen molar-refractivity contribution in [1.82, 2.24) is 4.72 Å². The highest BCUT2D eigenvalue weighted by Crippen LogP contribution is 2.35. The lowest BCUT2D eigenvalue weighted by Gasteiger charge is -2.33. The van der Waals surface area contributed by atoms with Crippen LogP contribution >= 0.6 is 0 Å². The van der Waals surface area contributed by atoms with Gasteiger partial charge in [-0.25, -0.2) is 13.2 Å². The van der Waals surface area contributed by atoms with Gasteiger partial charge in [0.15, 0.2) is 0 Å². The van der Waals surface area contributed by atoms with Gasteiger partial charge in [-0.1, -0.05) is 36.4 Å². The van der Waals surface area contributed by atoms with Crippen molar-refractivity contribution in [3.63, 3.8) is 0 Å². The Balaban J connectivity index is 2.58. The second kappa shape index (κ2) is 7.97. The van der Waals surface area contributed by atoms with E-state index in [1.807, 2.05) is 0 Å². The van der Waals surface area contributed by atoms with E-state index >= 15 is 0 Å². The van der Waals surface area contributed by atoms with E-state index in [9.17, 15) is 26.4 Å². The van der Waals surface area contributed by atoms with Gasteiger partial charge in [-0.2, -0.15) is 17.9 Å². The Morgan fingerprint density at radius 1 is 1.00 bits per heavy atom. The maximum absolute atomic E-state index is 13.9. The molecule has 0 fully saturated rings. The molecule has 1 N–H and O–H groups in total. The third kappa shape index (κ3) is 4.58. The number of rotatable bonds is 7. The normalized spacial score (nSPS) is 14.2. The molecule has 0 bridgehead atoms. The van der Waals surface area contributed by atoms with E-state index in [2.05, 4.69) is 4.74 Å². The third-order valence-corrected chi connectivity index (χ3v) is 4.76. The highest BCUT2D eigenvalue weighted by molar-refractivity contribution is 7.89. The van der Waals surface area contributed by atoms with E-state index in [4.69, 9.17) is 4.74 Å². The van der Waals surface area contributed by atoms with E-state index in [0.29, 0.717) is 0 Å². The summed E-state index contributed by atoms with van der Waals surface area (Å²) in [5.41, 5.74) is -3.96. The molecular formula is C17H16F3NO5S. The Labute approximate surface area is 154 Å². The first kappa shape index (κ1) is 20.7. The van der Waals surface area contributed by atoms with Crippen molar-refractivity contribution < 1.29 is 35.9 Å². The van der Waals surface area contributed by atoms with Gasteiger partial charge in [0.1, 0.15) is 5.75 Å². The van der Waals surface area contributed by atoms with Crippen LogP contribution in [0.25, 0.3) is 0 Å². The second-order valence-corrected chi connectivity index (χ2v) is 6.92. The lowest BCUT2D eigenvalue weighted by molar-refractivity contribution is -0.257. The topological polar surface area (TPSA) is 81.7 Å². The molecule has 6 nitrogen and oxygen atoms in total. The molecular weight excluding hydrogens is 387 g/mol. The van der Waals surface area contributed by atoms with Crippen LogP contribution < -0.4 is 9.46 Å². The van der Waals surface area contributed by atoms with Crippen molar-refractivity contribution in [2.45, 2.75) is 23.7 Å². The molecule has 0 aliphatic rings. The number of nitrogens with one attached hydrogen (secondary N) is 1. The number of carbonyl (C=O) groups is 1. The third-order valence-electron chi connectivity index (χ3n) is 3.31. The monoisotopic (exact) mass is 403 g/mol. The Bertz CT molecular complexity index is 872. The van der Waals surface area contributed by atoms with Crippen LogP contribution in [0.3, 0.4) is 0 Å². The van der Waals surface area contributed by atoms with E-state index in [1.54, 1.807) is 0 Å². The van der Waals surface area contributed by atoms with Gasteiger partial charge in [-0.15, -0.1) is 0 Å². The van der Waals surface area contributed by atoms with Crippen LogP contribution in [0.2, 0.25) is 0 Å². The number of carbonyl (C=O) groups excluding carboxylic acids is 1.